The van der Waals surface area contributed by atoms with Crippen LogP contribution in [0.15, 0.2) is 0 Å². The van der Waals surface area contributed by atoms with E-state index in [-0.39, 0.29) is 39.3 Å². The van der Waals surface area contributed by atoms with Gasteiger partial charge in [-0.1, -0.05) is 0 Å². The van der Waals surface area contributed by atoms with Gasteiger partial charge in [0.2, 0.25) is 0 Å². The van der Waals surface area contributed by atoms with Gasteiger partial charge in [-0.25, -0.2) is 6.57 Å². The van der Waals surface area contributed by atoms with Gasteiger partial charge in [0.1, 0.15) is 5.91 Å². The molecule has 0 atom stereocenters. The molecule has 0 aromatic carbocycles. The monoisotopic (exact) mass is 172 g/mol. The first-order chi connectivity index (χ1) is 2.77. The summed E-state index contributed by atoms with van der Waals surface area (Å²) in [4.78, 5) is 12.1. The van der Waals surface area contributed by atoms with Crippen LogP contribution in [0.4, 0.5) is 0 Å². The third kappa shape index (κ3) is 10.7. The van der Waals surface area contributed by atoms with Crippen LogP contribution in [0.1, 0.15) is 0 Å². The summed E-state index contributed by atoms with van der Waals surface area (Å²) >= 11 is 0. The van der Waals surface area contributed by atoms with Crippen molar-refractivity contribution in [3.63, 3.8) is 0 Å². The van der Waals surface area contributed by atoms with Crippen molar-refractivity contribution in [2.45, 2.75) is 0 Å². The fourth-order valence-electron chi connectivity index (χ4n) is 0.0718. The molecule has 32 valence electrons. The minimum absolute atomic E-state index is 0. The molecule has 0 saturated heterocycles. The van der Waals surface area contributed by atoms with Gasteiger partial charge >= 0.3 is 32.7 Å². The Balaban J connectivity index is 0. The Morgan fingerprint density at radius 1 is 1.86 bits per heavy atom. The van der Waals surface area contributed by atoms with Gasteiger partial charge in [-0.2, -0.15) is 0 Å². The molecule has 0 unspecified atom stereocenters. The minimum Gasteiger partial charge on any atom is -0.661 e. The molecule has 7 heavy (non-hydrogen) atoms. The molecule has 0 fully saturated rings. The summed E-state index contributed by atoms with van der Waals surface area (Å²) < 4.78 is 0. The number of hydrogen-bond donors (Lipinski definition) is 0. The number of amides is 1. The van der Waals surface area contributed by atoms with Gasteiger partial charge < -0.3 is 15.4 Å². The second-order valence-corrected chi connectivity index (χ2v) is 0.739. The zero-order valence-corrected chi connectivity index (χ0v) is 6.48. The van der Waals surface area contributed by atoms with E-state index in [9.17, 15) is 4.79 Å². The molecule has 1 amide bonds. The van der Waals surface area contributed by atoms with Crippen LogP contribution in [-0.2, 0) is 37.5 Å². The van der Waals surface area contributed by atoms with Crippen LogP contribution in [0.2, 0.25) is 0 Å². The van der Waals surface area contributed by atoms with Crippen molar-refractivity contribution in [1.29, 1.82) is 0 Å². The first kappa shape index (κ1) is 10.1. The number of nitrogens with one attached hydrogen (secondary N) is 1. The van der Waals surface area contributed by atoms with Crippen molar-refractivity contribution in [2.24, 2.45) is 0 Å². The van der Waals surface area contributed by atoms with Crippen LogP contribution >= 0.6 is 0 Å². The maximum Gasteiger partial charge on any atom is 3.00 e. The molecule has 0 bridgehead atoms. The summed E-state index contributed by atoms with van der Waals surface area (Å²) in [6, 6.07) is 0. The van der Waals surface area contributed by atoms with Gasteiger partial charge in [-0.3, -0.25) is 0 Å². The Bertz CT molecular complexity index is 95.6. The molecule has 0 heterocycles. The largest absolute Gasteiger partial charge is 3.00 e. The molecule has 0 aliphatic heterocycles. The SMILES string of the molecule is [C-]#[N+]CC([NH-])=O.[Y+3]. The molecule has 0 aromatic heterocycles. The molecule has 0 spiro atoms. The first-order valence-electron chi connectivity index (χ1n) is 1.35. The van der Waals surface area contributed by atoms with Gasteiger partial charge in [0.05, 0.1) is 0 Å². The van der Waals surface area contributed by atoms with E-state index in [1.165, 1.54) is 0 Å². The third-order valence-electron chi connectivity index (χ3n) is 0.223. The summed E-state index contributed by atoms with van der Waals surface area (Å²) in [5.74, 6) is -0.815. The van der Waals surface area contributed by atoms with Crippen molar-refractivity contribution in [3.8, 4) is 0 Å². The second-order valence-electron chi connectivity index (χ2n) is 0.739. The van der Waals surface area contributed by atoms with Gasteiger partial charge in [0, 0.05) is 0 Å². The van der Waals surface area contributed by atoms with Crippen molar-refractivity contribution in [1.82, 2.24) is 0 Å². The van der Waals surface area contributed by atoms with E-state index in [1.54, 1.807) is 0 Å². The van der Waals surface area contributed by atoms with Crippen LogP contribution in [0.5, 0.6) is 0 Å². The van der Waals surface area contributed by atoms with Crippen molar-refractivity contribution in [2.75, 3.05) is 6.54 Å². The Morgan fingerprint density at radius 2 is 2.29 bits per heavy atom. The molecular formula is C3H3N2OY+2. The van der Waals surface area contributed by atoms with Crippen LogP contribution in [0.25, 0.3) is 10.6 Å². The number of nitrogens with zero attached hydrogens (tertiary/aromatic N) is 1. The number of carbonyl (C=O) groups excluding carboxylic acids is 1. The first-order valence-corrected chi connectivity index (χ1v) is 1.35. The summed E-state index contributed by atoms with van der Waals surface area (Å²) in [7, 11) is 0. The summed E-state index contributed by atoms with van der Waals surface area (Å²) in [6.07, 6.45) is 0. The number of carbonyl (C=O) groups is 1. The molecule has 0 aliphatic carbocycles. The standard InChI is InChI=1S/C3H4N2O.Y/c1-5-2-3(4)6;/h2H2,(H2,4,6);/q;+3/p-1. The summed E-state index contributed by atoms with van der Waals surface area (Å²) in [5.41, 5.74) is 6.12. The van der Waals surface area contributed by atoms with Gasteiger partial charge in [0.25, 0.3) is 6.54 Å². The number of rotatable bonds is 1. The van der Waals surface area contributed by atoms with Crippen LogP contribution < -0.4 is 0 Å². The second kappa shape index (κ2) is 6.06. The topological polar surface area (TPSA) is 45.2 Å². The maximum absolute atomic E-state index is 9.50. The zero-order valence-electron chi connectivity index (χ0n) is 3.64. The van der Waals surface area contributed by atoms with Gasteiger partial charge in [0.15, 0.2) is 0 Å². The van der Waals surface area contributed by atoms with Gasteiger partial charge in [-0.15, -0.1) is 0 Å². The summed E-state index contributed by atoms with van der Waals surface area (Å²) in [6.45, 7) is 5.71. The molecule has 0 saturated carbocycles. The molecule has 0 radical (unpaired) electrons. The van der Waals surface area contributed by atoms with Gasteiger partial charge in [-0.05, 0) is 0 Å². The molecule has 0 rings (SSSR count). The van der Waals surface area contributed by atoms with Crippen LogP contribution in [0, 0.1) is 6.57 Å². The minimum atomic E-state index is -0.815. The number of hydrogen-bond acceptors (Lipinski definition) is 1. The quantitative estimate of drug-likeness (QED) is 0.530. The average molecular weight is 172 g/mol. The third-order valence-corrected chi connectivity index (χ3v) is 0.223. The van der Waals surface area contributed by atoms with Crippen LogP contribution in [-0.4, -0.2) is 12.5 Å². The fraction of sp³-hybridized carbons (Fsp3) is 0.333. The smallest absolute Gasteiger partial charge is 0.661 e. The molecule has 0 aromatic rings. The molecule has 1 N–H and O–H groups in total. The van der Waals surface area contributed by atoms with Crippen molar-refractivity contribution in [3.05, 3.63) is 17.2 Å². The van der Waals surface area contributed by atoms with E-state index in [1.807, 2.05) is 0 Å². The van der Waals surface area contributed by atoms with E-state index >= 15 is 0 Å². The van der Waals surface area contributed by atoms with E-state index in [4.69, 9.17) is 12.3 Å². The Hall–Kier alpha value is 0.0639. The molecular weight excluding hydrogens is 169 g/mol. The van der Waals surface area contributed by atoms with Crippen LogP contribution in [0.3, 0.4) is 0 Å². The molecule has 3 nitrogen and oxygen atoms in total. The predicted octanol–water partition coefficient (Wildman–Crippen LogP) is 0.482. The molecule has 4 heteroatoms. The predicted molar refractivity (Wildman–Crippen MR) is 20.8 cm³/mol. The molecule has 0 aliphatic rings. The van der Waals surface area contributed by atoms with E-state index < -0.39 is 5.91 Å². The Labute approximate surface area is 67.0 Å². The zero-order chi connectivity index (χ0) is 4.99. The fourth-order valence-corrected chi connectivity index (χ4v) is 0.0718. The Kier molecular flexibility index (Phi) is 8.77. The normalized spacial score (nSPS) is 5.57. The van der Waals surface area contributed by atoms with Crippen molar-refractivity contribution >= 4 is 5.91 Å². The van der Waals surface area contributed by atoms with Crippen molar-refractivity contribution < 1.29 is 37.5 Å². The van der Waals surface area contributed by atoms with E-state index in [0.29, 0.717) is 0 Å². The maximum atomic E-state index is 9.50. The Morgan fingerprint density at radius 3 is 2.29 bits per heavy atom. The average Bonchev–Trinajstić information content (AvgIpc) is 1.35. The van der Waals surface area contributed by atoms with E-state index in [2.05, 4.69) is 4.85 Å². The van der Waals surface area contributed by atoms with E-state index in [0.717, 1.165) is 0 Å². The summed E-state index contributed by atoms with van der Waals surface area (Å²) in [5, 5.41) is 0.